The van der Waals surface area contributed by atoms with Crippen LogP contribution in [0.25, 0.3) is 6.08 Å². The Hall–Kier alpha value is -3.28. The summed E-state index contributed by atoms with van der Waals surface area (Å²) in [5.41, 5.74) is 2.55. The van der Waals surface area contributed by atoms with E-state index in [-0.39, 0.29) is 18.4 Å². The van der Waals surface area contributed by atoms with Gasteiger partial charge in [-0.25, -0.2) is 0 Å². The standard InChI is InChI=1S/C22H22N2O4/c1-2-27-19-5-3-4-15-12-16(13-28-20(15)19)22(26)24-17-8-6-14(7-9-17)21(25)23-18-10-11-18/h3-9,12,18H,2,10-11,13H2,1H3,(H,23,25)(H,24,26). The summed E-state index contributed by atoms with van der Waals surface area (Å²) in [6, 6.07) is 12.8. The Kier molecular flexibility index (Phi) is 5.02. The highest BCUT2D eigenvalue weighted by molar-refractivity contribution is 6.07. The van der Waals surface area contributed by atoms with Crippen LogP contribution in [0.1, 0.15) is 35.7 Å². The number of rotatable bonds is 6. The molecule has 0 saturated heterocycles. The van der Waals surface area contributed by atoms with Gasteiger partial charge in [0.2, 0.25) is 0 Å². The van der Waals surface area contributed by atoms with Crippen molar-refractivity contribution in [2.75, 3.05) is 18.5 Å². The van der Waals surface area contributed by atoms with Crippen LogP contribution in [-0.4, -0.2) is 31.1 Å². The second-order valence-electron chi connectivity index (χ2n) is 6.84. The van der Waals surface area contributed by atoms with Gasteiger partial charge in [0.15, 0.2) is 11.5 Å². The van der Waals surface area contributed by atoms with Gasteiger partial charge in [0.05, 0.1) is 12.2 Å². The van der Waals surface area contributed by atoms with Crippen molar-refractivity contribution in [3.05, 3.63) is 59.2 Å². The molecule has 1 aliphatic heterocycles. The highest BCUT2D eigenvalue weighted by Crippen LogP contribution is 2.36. The first-order chi connectivity index (χ1) is 13.6. The predicted molar refractivity (Wildman–Crippen MR) is 107 cm³/mol. The molecule has 0 unspecified atom stereocenters. The van der Waals surface area contributed by atoms with Gasteiger partial charge < -0.3 is 20.1 Å². The Morgan fingerprint density at radius 3 is 2.61 bits per heavy atom. The lowest BCUT2D eigenvalue weighted by molar-refractivity contribution is -0.113. The number of nitrogens with one attached hydrogen (secondary N) is 2. The van der Waals surface area contributed by atoms with Crippen LogP contribution in [0.2, 0.25) is 0 Å². The van der Waals surface area contributed by atoms with Gasteiger partial charge in [0.25, 0.3) is 11.8 Å². The van der Waals surface area contributed by atoms with Gasteiger partial charge in [-0.3, -0.25) is 9.59 Å². The zero-order chi connectivity index (χ0) is 19.5. The fourth-order valence-corrected chi connectivity index (χ4v) is 2.99. The molecule has 1 heterocycles. The predicted octanol–water partition coefficient (Wildman–Crippen LogP) is 3.39. The third kappa shape index (κ3) is 4.01. The van der Waals surface area contributed by atoms with Crippen molar-refractivity contribution in [1.82, 2.24) is 5.32 Å². The van der Waals surface area contributed by atoms with Gasteiger partial charge in [0, 0.05) is 22.9 Å². The number of ether oxygens (including phenoxy) is 2. The number of hydrogen-bond donors (Lipinski definition) is 2. The summed E-state index contributed by atoms with van der Waals surface area (Å²) in [5.74, 6) is 1.02. The summed E-state index contributed by atoms with van der Waals surface area (Å²) in [6.45, 7) is 2.63. The molecule has 2 amide bonds. The third-order valence-electron chi connectivity index (χ3n) is 4.62. The first kappa shape index (κ1) is 18.1. The van der Waals surface area contributed by atoms with Crippen LogP contribution in [0, 0.1) is 0 Å². The smallest absolute Gasteiger partial charge is 0.255 e. The molecule has 0 bridgehead atoms. The molecule has 2 aromatic rings. The molecule has 1 saturated carbocycles. The number of fused-ring (bicyclic) bond motifs is 1. The van der Waals surface area contributed by atoms with Gasteiger partial charge in [0.1, 0.15) is 6.61 Å². The second kappa shape index (κ2) is 7.76. The lowest BCUT2D eigenvalue weighted by Gasteiger charge is -2.20. The number of anilines is 1. The van der Waals surface area contributed by atoms with E-state index in [0.717, 1.165) is 18.4 Å². The number of amides is 2. The summed E-state index contributed by atoms with van der Waals surface area (Å²) in [4.78, 5) is 24.6. The van der Waals surface area contributed by atoms with Gasteiger partial charge in [-0.05, 0) is 56.2 Å². The molecule has 0 aromatic heterocycles. The van der Waals surface area contributed by atoms with Crippen LogP contribution < -0.4 is 20.1 Å². The number of para-hydroxylation sites is 1. The van der Waals surface area contributed by atoms with Crippen LogP contribution in [0.15, 0.2) is 48.0 Å². The van der Waals surface area contributed by atoms with Crippen molar-refractivity contribution in [3.8, 4) is 11.5 Å². The van der Waals surface area contributed by atoms with E-state index in [4.69, 9.17) is 9.47 Å². The van der Waals surface area contributed by atoms with E-state index >= 15 is 0 Å². The first-order valence-electron chi connectivity index (χ1n) is 9.45. The molecule has 144 valence electrons. The van der Waals surface area contributed by atoms with Crippen molar-refractivity contribution in [2.45, 2.75) is 25.8 Å². The monoisotopic (exact) mass is 378 g/mol. The molecule has 2 aromatic carbocycles. The van der Waals surface area contributed by atoms with Crippen molar-refractivity contribution in [3.63, 3.8) is 0 Å². The van der Waals surface area contributed by atoms with Crippen molar-refractivity contribution in [2.24, 2.45) is 0 Å². The molecule has 28 heavy (non-hydrogen) atoms. The summed E-state index contributed by atoms with van der Waals surface area (Å²) in [6.07, 6.45) is 3.91. The molecule has 6 nitrogen and oxygen atoms in total. The van der Waals surface area contributed by atoms with E-state index in [1.165, 1.54) is 0 Å². The third-order valence-corrected chi connectivity index (χ3v) is 4.62. The average Bonchev–Trinajstić information content (AvgIpc) is 3.52. The van der Waals surface area contributed by atoms with Crippen molar-refractivity contribution >= 4 is 23.6 Å². The number of benzene rings is 2. The molecule has 1 fully saturated rings. The van der Waals surface area contributed by atoms with Crippen LogP contribution in [0.5, 0.6) is 11.5 Å². The molecule has 2 aliphatic rings. The quantitative estimate of drug-likeness (QED) is 0.808. The fourth-order valence-electron chi connectivity index (χ4n) is 2.99. The van der Waals surface area contributed by atoms with E-state index in [2.05, 4.69) is 10.6 Å². The summed E-state index contributed by atoms with van der Waals surface area (Å²) in [7, 11) is 0. The van der Waals surface area contributed by atoms with E-state index in [0.29, 0.717) is 41.0 Å². The summed E-state index contributed by atoms with van der Waals surface area (Å²) < 4.78 is 11.3. The molecular weight excluding hydrogens is 356 g/mol. The van der Waals surface area contributed by atoms with Crippen LogP contribution >= 0.6 is 0 Å². The molecule has 0 spiro atoms. The minimum absolute atomic E-state index is 0.0783. The van der Waals surface area contributed by atoms with Crippen LogP contribution in [-0.2, 0) is 4.79 Å². The zero-order valence-electron chi connectivity index (χ0n) is 15.7. The lowest BCUT2D eigenvalue weighted by atomic mass is 10.1. The van der Waals surface area contributed by atoms with E-state index in [1.807, 2.05) is 31.2 Å². The van der Waals surface area contributed by atoms with Gasteiger partial charge in [-0.2, -0.15) is 0 Å². The Morgan fingerprint density at radius 1 is 1.11 bits per heavy atom. The Bertz CT molecular complexity index is 930. The van der Waals surface area contributed by atoms with E-state index < -0.39 is 0 Å². The summed E-state index contributed by atoms with van der Waals surface area (Å²) >= 11 is 0. The second-order valence-corrected chi connectivity index (χ2v) is 6.84. The normalized spacial score (nSPS) is 15.0. The van der Waals surface area contributed by atoms with E-state index in [9.17, 15) is 9.59 Å². The fraction of sp³-hybridized carbons (Fsp3) is 0.273. The topological polar surface area (TPSA) is 76.7 Å². The Morgan fingerprint density at radius 2 is 1.89 bits per heavy atom. The molecule has 0 radical (unpaired) electrons. The van der Waals surface area contributed by atoms with Crippen molar-refractivity contribution < 1.29 is 19.1 Å². The Labute approximate surface area is 163 Å². The maximum Gasteiger partial charge on any atom is 0.255 e. The molecule has 2 N–H and O–H groups in total. The number of carbonyl (C=O) groups is 2. The van der Waals surface area contributed by atoms with Gasteiger partial charge >= 0.3 is 0 Å². The largest absolute Gasteiger partial charge is 0.490 e. The first-order valence-corrected chi connectivity index (χ1v) is 9.45. The average molecular weight is 378 g/mol. The SMILES string of the molecule is CCOc1cccc2c1OCC(C(=O)Nc1ccc(C(=O)NC3CC3)cc1)=C2. The highest BCUT2D eigenvalue weighted by Gasteiger charge is 2.24. The van der Waals surface area contributed by atoms with Crippen LogP contribution in [0.3, 0.4) is 0 Å². The van der Waals surface area contributed by atoms with Crippen LogP contribution in [0.4, 0.5) is 5.69 Å². The van der Waals surface area contributed by atoms with Crippen molar-refractivity contribution in [1.29, 1.82) is 0 Å². The van der Waals surface area contributed by atoms with E-state index in [1.54, 1.807) is 24.3 Å². The molecular formula is C22H22N2O4. The number of hydrogen-bond acceptors (Lipinski definition) is 4. The van der Waals surface area contributed by atoms with Gasteiger partial charge in [-0.15, -0.1) is 0 Å². The molecule has 0 atom stereocenters. The molecule has 6 heteroatoms. The molecule has 1 aliphatic carbocycles. The molecule has 4 rings (SSSR count). The Balaban J connectivity index is 1.43. The number of carbonyl (C=O) groups excluding carboxylic acids is 2. The summed E-state index contributed by atoms with van der Waals surface area (Å²) in [5, 5.41) is 5.79. The minimum Gasteiger partial charge on any atom is -0.490 e. The maximum absolute atomic E-state index is 12.6. The lowest BCUT2D eigenvalue weighted by Crippen LogP contribution is -2.25. The maximum atomic E-state index is 12.6. The zero-order valence-corrected chi connectivity index (χ0v) is 15.7. The van der Waals surface area contributed by atoms with Gasteiger partial charge in [-0.1, -0.05) is 12.1 Å². The minimum atomic E-state index is -0.234. The highest BCUT2D eigenvalue weighted by atomic mass is 16.5.